The molecule has 2 heterocycles. The van der Waals surface area contributed by atoms with E-state index in [1.54, 1.807) is 6.07 Å². The molecule has 3 rings (SSSR count). The van der Waals surface area contributed by atoms with Crippen molar-refractivity contribution in [1.29, 1.82) is 0 Å². The highest BCUT2D eigenvalue weighted by atomic mass is 35.5. The number of anilines is 1. The Hall–Kier alpha value is -1.93. The van der Waals surface area contributed by atoms with Crippen LogP contribution in [0.25, 0.3) is 0 Å². The number of nitrogens with zero attached hydrogens (tertiary/aromatic N) is 1. The number of rotatable bonds is 4. The molecule has 0 radical (unpaired) electrons. The molecule has 0 saturated heterocycles. The van der Waals surface area contributed by atoms with E-state index in [-0.39, 0.29) is 5.69 Å². The van der Waals surface area contributed by atoms with Crippen molar-refractivity contribution in [2.24, 2.45) is 0 Å². The monoisotopic (exact) mass is 360 g/mol. The highest BCUT2D eigenvalue weighted by Crippen LogP contribution is 2.40. The fourth-order valence-electron chi connectivity index (χ4n) is 2.37. The topological polar surface area (TPSA) is 68.3 Å². The third-order valence-corrected chi connectivity index (χ3v) is 4.99. The van der Waals surface area contributed by atoms with E-state index in [0.29, 0.717) is 35.1 Å². The fourth-order valence-corrected chi connectivity index (χ4v) is 3.46. The van der Waals surface area contributed by atoms with Crippen molar-refractivity contribution in [2.75, 3.05) is 11.9 Å². The van der Waals surface area contributed by atoms with Gasteiger partial charge in [-0.1, -0.05) is 11.6 Å². The number of sulfone groups is 1. The molecule has 0 aliphatic carbocycles. The fraction of sp³-hybridized carbons (Fsp3) is 0.214. The zero-order valence-corrected chi connectivity index (χ0v) is 13.2. The molecule has 0 bridgehead atoms. The summed E-state index contributed by atoms with van der Waals surface area (Å²) in [6.07, 6.45) is 3.36. The van der Waals surface area contributed by atoms with E-state index >= 15 is 0 Å². The first-order chi connectivity index (χ1) is 10.9. The van der Waals surface area contributed by atoms with Crippen LogP contribution in [0.5, 0.6) is 11.5 Å². The van der Waals surface area contributed by atoms with Crippen LogP contribution in [0.2, 0.25) is 5.02 Å². The summed E-state index contributed by atoms with van der Waals surface area (Å²) in [5.41, 5.74) is 0.699. The Morgan fingerprint density at radius 1 is 1.30 bits per heavy atom. The number of alkyl halides is 2. The maximum absolute atomic E-state index is 12.8. The number of hydrogen-bond donors (Lipinski definition) is 1. The molecule has 0 spiro atoms. The van der Waals surface area contributed by atoms with Gasteiger partial charge in [0.15, 0.2) is 0 Å². The van der Waals surface area contributed by atoms with Crippen molar-refractivity contribution >= 4 is 27.1 Å². The molecule has 9 heteroatoms. The van der Waals surface area contributed by atoms with Crippen molar-refractivity contribution in [3.63, 3.8) is 0 Å². The molecule has 0 unspecified atom stereocenters. The van der Waals surface area contributed by atoms with Crippen LogP contribution in [0.1, 0.15) is 5.56 Å². The molecule has 1 aliphatic heterocycles. The summed E-state index contributed by atoms with van der Waals surface area (Å²) in [7, 11) is -4.68. The second-order valence-electron chi connectivity index (χ2n) is 4.84. The van der Waals surface area contributed by atoms with Crippen molar-refractivity contribution in [3.8, 4) is 11.5 Å². The van der Waals surface area contributed by atoms with Crippen LogP contribution in [0.4, 0.5) is 14.5 Å². The highest BCUT2D eigenvalue weighted by molar-refractivity contribution is 7.91. The lowest BCUT2D eigenvalue weighted by Crippen LogP contribution is -2.13. The predicted octanol–water partition coefficient (Wildman–Crippen LogP) is 3.49. The molecule has 0 fully saturated rings. The molecule has 0 atom stereocenters. The summed E-state index contributed by atoms with van der Waals surface area (Å²) in [4.78, 5) is 3.47. The molecule has 1 aromatic carbocycles. The number of hydrogen-bond acceptors (Lipinski definition) is 5. The SMILES string of the molecule is O=S(=O)(c1ccc(Oc2cncc(Cl)c2)c2c1NCC2)C(F)F. The molecule has 1 aliphatic rings. The Kier molecular flexibility index (Phi) is 4.11. The van der Waals surface area contributed by atoms with E-state index in [1.807, 2.05) is 0 Å². The van der Waals surface area contributed by atoms with Gasteiger partial charge in [0.2, 0.25) is 9.84 Å². The number of fused-ring (bicyclic) bond motifs is 1. The average molecular weight is 361 g/mol. The van der Waals surface area contributed by atoms with Gasteiger partial charge in [0.05, 0.1) is 21.8 Å². The van der Waals surface area contributed by atoms with Crippen LogP contribution in [-0.4, -0.2) is 25.7 Å². The molecule has 0 amide bonds. The summed E-state index contributed by atoms with van der Waals surface area (Å²) in [5.74, 6) is -2.73. The van der Waals surface area contributed by atoms with Crippen LogP contribution in [0.15, 0.2) is 35.5 Å². The largest absolute Gasteiger partial charge is 0.455 e. The summed E-state index contributed by atoms with van der Waals surface area (Å²) >= 11 is 5.83. The van der Waals surface area contributed by atoms with Gasteiger partial charge in [-0.25, -0.2) is 8.42 Å². The van der Waals surface area contributed by atoms with E-state index in [0.717, 1.165) is 6.07 Å². The first-order valence-corrected chi connectivity index (χ1v) is 8.52. The van der Waals surface area contributed by atoms with Gasteiger partial charge in [0, 0.05) is 24.4 Å². The van der Waals surface area contributed by atoms with Crippen molar-refractivity contribution < 1.29 is 21.9 Å². The minimum absolute atomic E-state index is 0.165. The van der Waals surface area contributed by atoms with Gasteiger partial charge in [-0.3, -0.25) is 4.98 Å². The molecule has 1 N–H and O–H groups in total. The maximum Gasteiger partial charge on any atom is 0.341 e. The second-order valence-corrected chi connectivity index (χ2v) is 7.16. The van der Waals surface area contributed by atoms with Crippen molar-refractivity contribution in [2.45, 2.75) is 17.1 Å². The van der Waals surface area contributed by atoms with Crippen LogP contribution in [-0.2, 0) is 16.3 Å². The molecular formula is C14H11ClF2N2O3S. The standard InChI is InChI=1S/C14H11ClF2N2O3S/c15-8-5-9(7-18-6-8)22-11-1-2-12(23(20,21)14(16)17)13-10(11)3-4-19-13/h1-2,5-7,14,19H,3-4H2. The third-order valence-electron chi connectivity index (χ3n) is 3.36. The number of ether oxygens (including phenoxy) is 1. The van der Waals surface area contributed by atoms with Gasteiger partial charge in [0.25, 0.3) is 0 Å². The van der Waals surface area contributed by atoms with Gasteiger partial charge < -0.3 is 10.1 Å². The van der Waals surface area contributed by atoms with E-state index in [9.17, 15) is 17.2 Å². The van der Waals surface area contributed by atoms with Crippen LogP contribution in [0, 0.1) is 0 Å². The summed E-state index contributed by atoms with van der Waals surface area (Å²) < 4.78 is 54.7. The lowest BCUT2D eigenvalue weighted by atomic mass is 10.1. The average Bonchev–Trinajstić information content (AvgIpc) is 2.97. The highest BCUT2D eigenvalue weighted by Gasteiger charge is 2.33. The van der Waals surface area contributed by atoms with Crippen LogP contribution >= 0.6 is 11.6 Å². The molecule has 23 heavy (non-hydrogen) atoms. The minimum atomic E-state index is -4.68. The number of nitrogens with one attached hydrogen (secondary N) is 1. The van der Waals surface area contributed by atoms with E-state index < -0.39 is 20.5 Å². The van der Waals surface area contributed by atoms with Crippen LogP contribution in [0.3, 0.4) is 0 Å². The summed E-state index contributed by atoms with van der Waals surface area (Å²) in [5, 5.41) is 3.22. The zero-order chi connectivity index (χ0) is 16.6. The predicted molar refractivity (Wildman–Crippen MR) is 81.1 cm³/mol. The van der Waals surface area contributed by atoms with Gasteiger partial charge in [-0.2, -0.15) is 8.78 Å². The third kappa shape index (κ3) is 2.96. The molecule has 0 saturated carbocycles. The minimum Gasteiger partial charge on any atom is -0.455 e. The van der Waals surface area contributed by atoms with E-state index in [1.165, 1.54) is 18.5 Å². The van der Waals surface area contributed by atoms with Crippen molar-refractivity contribution in [1.82, 2.24) is 4.98 Å². The van der Waals surface area contributed by atoms with Gasteiger partial charge in [-0.05, 0) is 18.6 Å². The molecular weight excluding hydrogens is 350 g/mol. The molecule has 122 valence electrons. The van der Waals surface area contributed by atoms with Gasteiger partial charge in [0.1, 0.15) is 11.5 Å². The Balaban J connectivity index is 2.04. The molecule has 2 aromatic rings. The van der Waals surface area contributed by atoms with Gasteiger partial charge in [-0.15, -0.1) is 0 Å². The normalized spacial score (nSPS) is 13.7. The van der Waals surface area contributed by atoms with Gasteiger partial charge >= 0.3 is 5.76 Å². The number of aromatic nitrogens is 1. The number of halogens is 3. The lowest BCUT2D eigenvalue weighted by Gasteiger charge is -2.13. The molecule has 5 nitrogen and oxygen atoms in total. The number of pyridine rings is 1. The Morgan fingerprint density at radius 3 is 2.78 bits per heavy atom. The van der Waals surface area contributed by atoms with Crippen molar-refractivity contribution in [3.05, 3.63) is 41.2 Å². The zero-order valence-electron chi connectivity index (χ0n) is 11.6. The quantitative estimate of drug-likeness (QED) is 0.903. The summed E-state index contributed by atoms with van der Waals surface area (Å²) in [6, 6.07) is 4.03. The second kappa shape index (κ2) is 5.93. The van der Waals surface area contributed by atoms with E-state index in [2.05, 4.69) is 10.3 Å². The summed E-state index contributed by atoms with van der Waals surface area (Å²) in [6.45, 7) is 0.440. The number of benzene rings is 1. The molecule has 1 aromatic heterocycles. The Bertz CT molecular complexity index is 859. The van der Waals surface area contributed by atoms with Crippen LogP contribution < -0.4 is 10.1 Å². The smallest absolute Gasteiger partial charge is 0.341 e. The lowest BCUT2D eigenvalue weighted by molar-refractivity contribution is 0.235. The first-order valence-electron chi connectivity index (χ1n) is 6.60. The Labute approximate surface area is 136 Å². The Morgan fingerprint density at radius 2 is 2.09 bits per heavy atom. The van der Waals surface area contributed by atoms with E-state index in [4.69, 9.17) is 16.3 Å². The first kappa shape index (κ1) is 15.9. The maximum atomic E-state index is 12.8.